The van der Waals surface area contributed by atoms with Crippen LogP contribution in [0.5, 0.6) is 0 Å². The van der Waals surface area contributed by atoms with E-state index in [1.165, 1.54) is 12.1 Å². The summed E-state index contributed by atoms with van der Waals surface area (Å²) in [4.78, 5) is 0. The largest absolute Gasteiger partial charge is 0.283 e. The van der Waals surface area contributed by atoms with Gasteiger partial charge in [0, 0.05) is 15.6 Å². The van der Waals surface area contributed by atoms with Crippen LogP contribution >= 0.6 is 34.1 Å². The van der Waals surface area contributed by atoms with Crippen molar-refractivity contribution in [3.8, 4) is 0 Å². The quantitative estimate of drug-likeness (QED) is 0.529. The number of benzene rings is 2. The van der Waals surface area contributed by atoms with Crippen molar-refractivity contribution in [1.29, 1.82) is 0 Å². The molecule has 0 aliphatic heterocycles. The van der Waals surface area contributed by atoms with Gasteiger partial charge in [-0.2, -0.15) is 0 Å². The van der Waals surface area contributed by atoms with E-state index in [0.717, 1.165) is 15.1 Å². The highest BCUT2D eigenvalue weighted by Gasteiger charge is 2.36. The van der Waals surface area contributed by atoms with E-state index < -0.39 is 26.9 Å². The van der Waals surface area contributed by atoms with Crippen LogP contribution in [0.4, 0.5) is 14.5 Å². The lowest BCUT2D eigenvalue weighted by Gasteiger charge is -2.14. The van der Waals surface area contributed by atoms with Crippen molar-refractivity contribution in [2.75, 3.05) is 4.72 Å². The zero-order valence-corrected chi connectivity index (χ0v) is 17.0. The Hall–Kier alpha value is -1.40. The third kappa shape index (κ3) is 3.41. The van der Waals surface area contributed by atoms with Gasteiger partial charge in [-0.05, 0) is 70.7 Å². The van der Waals surface area contributed by atoms with Crippen LogP contribution in [0.25, 0.3) is 10.2 Å². The van der Waals surface area contributed by atoms with Gasteiger partial charge in [-0.3, -0.25) is 4.72 Å². The van der Waals surface area contributed by atoms with Crippen molar-refractivity contribution in [3.05, 3.63) is 50.6 Å². The van der Waals surface area contributed by atoms with Gasteiger partial charge in [-0.1, -0.05) is 10.6 Å². The second-order valence-electron chi connectivity index (χ2n) is 6.10. The number of rotatable bonds is 5. The molecule has 136 valence electrons. The fourth-order valence-corrected chi connectivity index (χ4v) is 5.12. The standard InChI is InChI=1S/C16H12F2IN3O2S2/c17-12-6-9(19)2-1-8(12)5-11-13(21-26(23,24)10-3-4-10)7-14-16(15(11)18)20-22-25-14/h1-2,6-7,10,21H,3-5H2. The highest BCUT2D eigenvalue weighted by atomic mass is 127. The van der Waals surface area contributed by atoms with Crippen LogP contribution in [0, 0.1) is 15.2 Å². The fraction of sp³-hybridized carbons (Fsp3) is 0.250. The molecule has 0 amide bonds. The Kier molecular flexibility index (Phi) is 4.59. The minimum atomic E-state index is -3.59. The van der Waals surface area contributed by atoms with Crippen molar-refractivity contribution < 1.29 is 17.2 Å². The Morgan fingerprint density at radius 1 is 1.27 bits per heavy atom. The molecule has 0 radical (unpaired) electrons. The first-order valence-corrected chi connectivity index (χ1v) is 11.1. The molecule has 2 aromatic carbocycles. The molecule has 4 rings (SSSR count). The van der Waals surface area contributed by atoms with Gasteiger partial charge in [-0.25, -0.2) is 17.2 Å². The predicted octanol–water partition coefficient (Wildman–Crippen LogP) is 4.07. The third-order valence-electron chi connectivity index (χ3n) is 4.18. The second-order valence-corrected chi connectivity index (χ2v) is 10.1. The predicted molar refractivity (Wildman–Crippen MR) is 105 cm³/mol. The number of sulfonamides is 1. The first kappa shape index (κ1) is 18.0. The maximum absolute atomic E-state index is 15.0. The van der Waals surface area contributed by atoms with Gasteiger partial charge in [0.25, 0.3) is 0 Å². The topological polar surface area (TPSA) is 72.0 Å². The molecule has 10 heteroatoms. The summed E-state index contributed by atoms with van der Waals surface area (Å²) in [5, 5.41) is 3.31. The van der Waals surface area contributed by atoms with Crippen LogP contribution in [0.2, 0.25) is 0 Å². The van der Waals surface area contributed by atoms with Crippen LogP contribution in [-0.2, 0) is 16.4 Å². The lowest BCUT2D eigenvalue weighted by atomic mass is 10.0. The first-order chi connectivity index (χ1) is 12.3. The van der Waals surface area contributed by atoms with E-state index in [1.54, 1.807) is 12.1 Å². The zero-order chi connectivity index (χ0) is 18.5. The Morgan fingerprint density at radius 2 is 2.04 bits per heavy atom. The number of hydrogen-bond acceptors (Lipinski definition) is 5. The molecule has 1 fully saturated rings. The number of nitrogens with one attached hydrogen (secondary N) is 1. The summed E-state index contributed by atoms with van der Waals surface area (Å²) in [6.45, 7) is 0. The Bertz CT molecular complexity index is 1110. The van der Waals surface area contributed by atoms with Crippen molar-refractivity contribution in [2.45, 2.75) is 24.5 Å². The second kappa shape index (κ2) is 6.64. The number of aromatic nitrogens is 2. The molecule has 1 aliphatic carbocycles. The van der Waals surface area contributed by atoms with Crippen molar-refractivity contribution in [3.63, 3.8) is 0 Å². The summed E-state index contributed by atoms with van der Waals surface area (Å²) >= 11 is 2.96. The molecule has 3 aromatic rings. The fourth-order valence-electron chi connectivity index (χ4n) is 2.66. The number of nitrogens with zero attached hydrogens (tertiary/aromatic N) is 2. The molecule has 1 aromatic heterocycles. The molecule has 1 N–H and O–H groups in total. The van der Waals surface area contributed by atoms with E-state index in [9.17, 15) is 17.2 Å². The summed E-state index contributed by atoms with van der Waals surface area (Å²) in [6.07, 6.45) is 1.08. The first-order valence-electron chi connectivity index (χ1n) is 7.74. The van der Waals surface area contributed by atoms with E-state index in [1.807, 2.05) is 22.6 Å². The lowest BCUT2D eigenvalue weighted by molar-refractivity contribution is 0.599. The summed E-state index contributed by atoms with van der Waals surface area (Å²) in [5.74, 6) is -1.15. The van der Waals surface area contributed by atoms with Gasteiger partial charge in [0.15, 0.2) is 5.82 Å². The van der Waals surface area contributed by atoms with Crippen molar-refractivity contribution in [1.82, 2.24) is 9.59 Å². The van der Waals surface area contributed by atoms with Crippen LogP contribution in [0.3, 0.4) is 0 Å². The number of anilines is 1. The van der Waals surface area contributed by atoms with Crippen LogP contribution in [0.15, 0.2) is 24.3 Å². The zero-order valence-electron chi connectivity index (χ0n) is 13.2. The highest BCUT2D eigenvalue weighted by molar-refractivity contribution is 14.1. The van der Waals surface area contributed by atoms with E-state index >= 15 is 0 Å². The Morgan fingerprint density at radius 3 is 2.73 bits per heavy atom. The molecular formula is C16H12F2IN3O2S2. The van der Waals surface area contributed by atoms with Gasteiger partial charge in [0.1, 0.15) is 11.3 Å². The van der Waals surface area contributed by atoms with E-state index in [-0.39, 0.29) is 28.8 Å². The highest BCUT2D eigenvalue weighted by Crippen LogP contribution is 2.35. The van der Waals surface area contributed by atoms with E-state index in [4.69, 9.17) is 0 Å². The molecule has 1 saturated carbocycles. The Labute approximate surface area is 166 Å². The van der Waals surface area contributed by atoms with Gasteiger partial charge >= 0.3 is 0 Å². The van der Waals surface area contributed by atoms with Crippen LogP contribution < -0.4 is 4.72 Å². The van der Waals surface area contributed by atoms with E-state index in [2.05, 4.69) is 14.3 Å². The smallest absolute Gasteiger partial charge is 0.235 e. The molecular weight excluding hydrogens is 495 g/mol. The minimum absolute atomic E-state index is 0.0605. The molecule has 1 heterocycles. The maximum atomic E-state index is 15.0. The lowest BCUT2D eigenvalue weighted by Crippen LogP contribution is -2.19. The van der Waals surface area contributed by atoms with Crippen LogP contribution in [0.1, 0.15) is 24.0 Å². The normalized spacial score (nSPS) is 14.7. The number of halogens is 3. The summed E-state index contributed by atoms with van der Waals surface area (Å²) in [5.41, 5.74) is 0.518. The van der Waals surface area contributed by atoms with Crippen LogP contribution in [-0.4, -0.2) is 23.3 Å². The molecule has 1 aliphatic rings. The molecule has 0 bridgehead atoms. The average molecular weight is 507 g/mol. The average Bonchev–Trinajstić information content (AvgIpc) is 3.33. The third-order valence-corrected chi connectivity index (χ3v) is 7.38. The maximum Gasteiger partial charge on any atom is 0.235 e. The molecule has 0 atom stereocenters. The van der Waals surface area contributed by atoms with Gasteiger partial charge in [0.05, 0.1) is 15.6 Å². The van der Waals surface area contributed by atoms with Crippen molar-refractivity contribution >= 4 is 60.1 Å². The molecule has 5 nitrogen and oxygen atoms in total. The number of fused-ring (bicyclic) bond motifs is 1. The number of hydrogen-bond donors (Lipinski definition) is 1. The Balaban J connectivity index is 1.82. The SMILES string of the molecule is O=S(=O)(Nc1cc2snnc2c(F)c1Cc1ccc(I)cc1F)C1CC1. The molecule has 0 unspecified atom stereocenters. The molecule has 0 spiro atoms. The van der Waals surface area contributed by atoms with Gasteiger partial charge < -0.3 is 0 Å². The van der Waals surface area contributed by atoms with Gasteiger partial charge in [-0.15, -0.1) is 5.10 Å². The monoisotopic (exact) mass is 507 g/mol. The molecule has 0 saturated heterocycles. The summed E-state index contributed by atoms with van der Waals surface area (Å²) < 4.78 is 61.2. The summed E-state index contributed by atoms with van der Waals surface area (Å²) in [6, 6.07) is 6.15. The van der Waals surface area contributed by atoms with Gasteiger partial charge in [0.2, 0.25) is 10.0 Å². The van der Waals surface area contributed by atoms with Crippen molar-refractivity contribution in [2.24, 2.45) is 0 Å². The van der Waals surface area contributed by atoms with E-state index in [0.29, 0.717) is 17.5 Å². The summed E-state index contributed by atoms with van der Waals surface area (Å²) in [7, 11) is -3.59. The minimum Gasteiger partial charge on any atom is -0.283 e. The molecule has 26 heavy (non-hydrogen) atoms.